The fourth-order valence-corrected chi connectivity index (χ4v) is 5.21. The first kappa shape index (κ1) is 27.3. The van der Waals surface area contributed by atoms with Crippen molar-refractivity contribution in [1.29, 1.82) is 0 Å². The van der Waals surface area contributed by atoms with Gasteiger partial charge >= 0.3 is 7.12 Å². The third kappa shape index (κ3) is 5.28. The van der Waals surface area contributed by atoms with E-state index in [9.17, 15) is 0 Å². The van der Waals surface area contributed by atoms with E-state index in [0.717, 1.165) is 36.7 Å². The summed E-state index contributed by atoms with van der Waals surface area (Å²) in [5.41, 5.74) is 2.93. The molecule has 0 unspecified atom stereocenters. The number of ether oxygens (including phenoxy) is 4. The number of hydrogen-bond donors (Lipinski definition) is 0. The fraction of sp³-hybridized carbons (Fsp3) is 0.586. The van der Waals surface area contributed by atoms with Crippen LogP contribution in [0.4, 0.5) is 0 Å². The zero-order valence-corrected chi connectivity index (χ0v) is 22.9. The minimum Gasteiger partial charge on any atom is -0.399 e. The molecule has 1 saturated carbocycles. The van der Waals surface area contributed by atoms with Gasteiger partial charge in [-0.15, -0.1) is 0 Å². The monoisotopic (exact) mass is 496 g/mol. The summed E-state index contributed by atoms with van der Waals surface area (Å²) in [5, 5.41) is 0. The Hall–Kier alpha value is -1.74. The van der Waals surface area contributed by atoms with E-state index in [4.69, 9.17) is 28.3 Å². The molecule has 2 aromatic rings. The average Bonchev–Trinajstić information content (AvgIpc) is 3.09. The van der Waals surface area contributed by atoms with Gasteiger partial charge in [-0.1, -0.05) is 54.1 Å². The first-order valence-corrected chi connectivity index (χ1v) is 12.9. The predicted octanol–water partition coefficient (Wildman–Crippen LogP) is 5.20. The van der Waals surface area contributed by atoms with Gasteiger partial charge in [0.05, 0.1) is 22.4 Å². The van der Waals surface area contributed by atoms with Crippen LogP contribution in [0.25, 0.3) is 0 Å². The van der Waals surface area contributed by atoms with Gasteiger partial charge in [-0.3, -0.25) is 0 Å². The minimum atomic E-state index is -0.463. The molecule has 1 saturated heterocycles. The molecule has 1 aliphatic heterocycles. The third-order valence-electron chi connectivity index (χ3n) is 8.31. The Morgan fingerprint density at radius 2 is 1.06 bits per heavy atom. The second kappa shape index (κ2) is 10.6. The molecule has 2 aliphatic rings. The van der Waals surface area contributed by atoms with Gasteiger partial charge in [0, 0.05) is 14.2 Å². The molecule has 6 nitrogen and oxygen atoms in total. The van der Waals surface area contributed by atoms with Crippen LogP contribution in [0.15, 0.2) is 48.5 Å². The molecule has 0 bridgehead atoms. The van der Waals surface area contributed by atoms with Gasteiger partial charge in [0.1, 0.15) is 13.6 Å². The number of aryl methyl sites for hydroxylation is 1. The normalized spacial score (nSPS) is 27.4. The molecule has 4 rings (SSSR count). The highest BCUT2D eigenvalue weighted by molar-refractivity contribution is 6.62. The van der Waals surface area contributed by atoms with Crippen LogP contribution < -0.4 is 5.46 Å². The average molecular weight is 496 g/mol. The van der Waals surface area contributed by atoms with Crippen molar-refractivity contribution in [2.24, 2.45) is 0 Å². The summed E-state index contributed by atoms with van der Waals surface area (Å²) in [6, 6.07) is 17.1. The highest BCUT2D eigenvalue weighted by atomic mass is 16.7. The summed E-state index contributed by atoms with van der Waals surface area (Å²) in [7, 11) is 2.94. The van der Waals surface area contributed by atoms with Crippen LogP contribution in [0.3, 0.4) is 0 Å². The zero-order valence-electron chi connectivity index (χ0n) is 22.9. The topological polar surface area (TPSA) is 55.4 Å². The van der Waals surface area contributed by atoms with Crippen molar-refractivity contribution in [2.75, 3.05) is 27.8 Å². The fourth-order valence-electron chi connectivity index (χ4n) is 5.21. The van der Waals surface area contributed by atoms with Gasteiger partial charge in [0.15, 0.2) is 0 Å². The molecule has 0 spiro atoms. The van der Waals surface area contributed by atoms with E-state index in [2.05, 4.69) is 83.1 Å². The molecule has 1 heterocycles. The van der Waals surface area contributed by atoms with E-state index in [1.165, 1.54) is 11.1 Å². The lowest BCUT2D eigenvalue weighted by Gasteiger charge is -2.46. The van der Waals surface area contributed by atoms with Crippen molar-refractivity contribution in [3.63, 3.8) is 0 Å². The molecule has 1 aliphatic carbocycles. The maximum Gasteiger partial charge on any atom is 0.494 e. The van der Waals surface area contributed by atoms with Crippen molar-refractivity contribution in [1.82, 2.24) is 0 Å². The minimum absolute atomic E-state index is 0.232. The molecule has 7 heteroatoms. The van der Waals surface area contributed by atoms with Gasteiger partial charge in [0.2, 0.25) is 0 Å². The molecule has 36 heavy (non-hydrogen) atoms. The van der Waals surface area contributed by atoms with E-state index in [0.29, 0.717) is 0 Å². The summed E-state index contributed by atoms with van der Waals surface area (Å²) in [5.74, 6) is 0. The number of methoxy groups -OCH3 is 2. The number of benzene rings is 2. The maximum atomic E-state index is 6.42. The Morgan fingerprint density at radius 3 is 1.44 bits per heavy atom. The Balaban J connectivity index is 1.57. The molecule has 0 atom stereocenters. The van der Waals surface area contributed by atoms with Crippen LogP contribution in [-0.4, -0.2) is 46.1 Å². The number of rotatable bonds is 9. The van der Waals surface area contributed by atoms with Crippen LogP contribution in [0.2, 0.25) is 0 Å². The lowest BCUT2D eigenvalue weighted by atomic mass is 9.69. The highest BCUT2D eigenvalue weighted by Crippen LogP contribution is 2.50. The van der Waals surface area contributed by atoms with Gasteiger partial charge in [-0.2, -0.15) is 0 Å². The Kier molecular flexibility index (Phi) is 8.01. The Labute approximate surface area is 216 Å². The van der Waals surface area contributed by atoms with Crippen molar-refractivity contribution in [3.05, 3.63) is 65.2 Å². The predicted molar refractivity (Wildman–Crippen MR) is 141 cm³/mol. The molecule has 2 fully saturated rings. The van der Waals surface area contributed by atoms with Crippen LogP contribution >= 0.6 is 0 Å². The van der Waals surface area contributed by atoms with E-state index < -0.39 is 11.2 Å². The highest BCUT2D eigenvalue weighted by Gasteiger charge is 2.52. The van der Waals surface area contributed by atoms with E-state index >= 15 is 0 Å². The molecular formula is C29H41BO6. The second-order valence-electron chi connectivity index (χ2n) is 11.2. The van der Waals surface area contributed by atoms with E-state index in [1.807, 2.05) is 0 Å². The van der Waals surface area contributed by atoms with Crippen molar-refractivity contribution in [2.45, 2.75) is 82.7 Å². The van der Waals surface area contributed by atoms with Gasteiger partial charge in [0.25, 0.3) is 0 Å². The summed E-state index contributed by atoms with van der Waals surface area (Å²) < 4.78 is 35.9. The number of hydrogen-bond acceptors (Lipinski definition) is 6. The molecule has 0 amide bonds. The molecule has 0 N–H and O–H groups in total. The second-order valence-corrected chi connectivity index (χ2v) is 11.2. The van der Waals surface area contributed by atoms with E-state index in [1.54, 1.807) is 14.2 Å². The lowest BCUT2D eigenvalue weighted by Crippen LogP contribution is -2.44. The molecule has 2 aromatic carbocycles. The van der Waals surface area contributed by atoms with Crippen LogP contribution in [-0.2, 0) is 39.5 Å². The molecule has 196 valence electrons. The first-order chi connectivity index (χ1) is 17.1. The van der Waals surface area contributed by atoms with Gasteiger partial charge in [-0.05, 0) is 76.9 Å². The van der Waals surface area contributed by atoms with Crippen LogP contribution in [0.5, 0.6) is 0 Å². The van der Waals surface area contributed by atoms with Gasteiger partial charge < -0.3 is 28.3 Å². The molecular weight excluding hydrogens is 455 g/mol. The summed E-state index contributed by atoms with van der Waals surface area (Å²) in [6.45, 7) is 10.9. The van der Waals surface area contributed by atoms with Crippen LogP contribution in [0.1, 0.15) is 70.1 Å². The van der Waals surface area contributed by atoms with E-state index in [-0.39, 0.29) is 31.9 Å². The standard InChI is InChI=1S/C29H41BO6/c1-22-8-10-23(11-9-22)28(33-20-31-6)16-18-29(19-17-28,34-21-32-7)24-12-14-25(15-13-24)30-35-26(2,3)27(4,5)36-30/h8-15H,16-21H2,1-7H3. The van der Waals surface area contributed by atoms with Crippen LogP contribution in [0, 0.1) is 6.92 Å². The third-order valence-corrected chi connectivity index (χ3v) is 8.31. The SMILES string of the molecule is COCOC1(c2ccc(C)cc2)CCC(OCOC)(c2ccc(B3OC(C)(C)C(C)(C)O3)cc2)CC1. The summed E-state index contributed by atoms with van der Waals surface area (Å²) in [4.78, 5) is 0. The maximum absolute atomic E-state index is 6.42. The summed E-state index contributed by atoms with van der Waals surface area (Å²) in [6.07, 6.45) is 3.21. The zero-order chi connectivity index (χ0) is 26.0. The first-order valence-electron chi connectivity index (χ1n) is 12.9. The Bertz CT molecular complexity index is 977. The van der Waals surface area contributed by atoms with Crippen molar-refractivity contribution >= 4 is 12.6 Å². The van der Waals surface area contributed by atoms with Crippen molar-refractivity contribution in [3.8, 4) is 0 Å². The van der Waals surface area contributed by atoms with Crippen molar-refractivity contribution < 1.29 is 28.3 Å². The smallest absolute Gasteiger partial charge is 0.399 e. The Morgan fingerprint density at radius 1 is 0.667 bits per heavy atom. The molecule has 0 aromatic heterocycles. The lowest BCUT2D eigenvalue weighted by molar-refractivity contribution is -0.203. The van der Waals surface area contributed by atoms with Gasteiger partial charge in [-0.25, -0.2) is 0 Å². The quantitative estimate of drug-likeness (QED) is 0.352. The molecule has 0 radical (unpaired) electrons. The largest absolute Gasteiger partial charge is 0.494 e. The summed E-state index contributed by atoms with van der Waals surface area (Å²) >= 11 is 0.